The van der Waals surface area contributed by atoms with Gasteiger partial charge in [0.15, 0.2) is 0 Å². The third-order valence-electron chi connectivity index (χ3n) is 16.8. The Morgan fingerprint density at radius 1 is 0.495 bits per heavy atom. The summed E-state index contributed by atoms with van der Waals surface area (Å²) in [6.45, 7) is 18.4. The van der Waals surface area contributed by atoms with Crippen molar-refractivity contribution in [2.24, 2.45) is 29.5 Å². The van der Waals surface area contributed by atoms with Gasteiger partial charge in [-0.1, -0.05) is 146 Å². The van der Waals surface area contributed by atoms with Crippen molar-refractivity contribution in [3.8, 4) is 0 Å². The quantitative estimate of drug-likeness (QED) is 0.0174. The van der Waals surface area contributed by atoms with Crippen LogP contribution in [0.25, 0.3) is 0 Å². The Kier molecular flexibility index (Phi) is 32.1. The van der Waals surface area contributed by atoms with Crippen LogP contribution in [0.4, 0.5) is 9.59 Å². The molecule has 0 radical (unpaired) electrons. The zero-order valence-corrected chi connectivity index (χ0v) is 59.0. The van der Waals surface area contributed by atoms with Gasteiger partial charge in [-0.2, -0.15) is 0 Å². The number of benzene rings is 3. The highest BCUT2D eigenvalue weighted by atomic mass is 16.6. The molecule has 12 amide bonds. The van der Waals surface area contributed by atoms with Crippen molar-refractivity contribution in [2.75, 3.05) is 26.2 Å². The number of carbonyl (C=O) groups is 12. The molecule has 0 unspecified atom stereocenters. The van der Waals surface area contributed by atoms with E-state index in [4.69, 9.17) is 15.3 Å². The smallest absolute Gasteiger partial charge is 0.408 e. The van der Waals surface area contributed by atoms with Gasteiger partial charge in [0.05, 0.1) is 6.61 Å². The monoisotopic (exact) mass is 1380 g/mol. The number of hydrazine groups is 1. The molecule has 0 aliphatic carbocycles. The first-order valence-electron chi connectivity index (χ1n) is 34.3. The summed E-state index contributed by atoms with van der Waals surface area (Å²) in [6, 6.07) is 14.2. The van der Waals surface area contributed by atoms with Crippen molar-refractivity contribution < 1.29 is 72.1 Å². The van der Waals surface area contributed by atoms with Gasteiger partial charge >= 0.3 is 12.2 Å². The Bertz CT molecular complexity index is 3190. The van der Waals surface area contributed by atoms with Crippen molar-refractivity contribution in [3.05, 3.63) is 108 Å². The molecule has 544 valence electrons. The lowest BCUT2D eigenvalue weighted by molar-refractivity contribution is -0.143. The van der Waals surface area contributed by atoms with Crippen LogP contribution in [-0.2, 0) is 76.9 Å². The van der Waals surface area contributed by atoms with Crippen LogP contribution in [0.15, 0.2) is 91.0 Å². The van der Waals surface area contributed by atoms with Crippen LogP contribution in [0.5, 0.6) is 0 Å². The summed E-state index contributed by atoms with van der Waals surface area (Å²) >= 11 is 0. The molecule has 0 spiro atoms. The molecular weight excluding hydrogens is 1270 g/mol. The van der Waals surface area contributed by atoms with Gasteiger partial charge in [0, 0.05) is 32.5 Å². The molecule has 28 nitrogen and oxygen atoms in total. The van der Waals surface area contributed by atoms with Crippen LogP contribution in [0, 0.1) is 23.7 Å². The third kappa shape index (κ3) is 26.2. The molecule has 28 heteroatoms. The zero-order valence-electron chi connectivity index (χ0n) is 59.0. The van der Waals surface area contributed by atoms with Crippen LogP contribution in [0.3, 0.4) is 0 Å². The van der Waals surface area contributed by atoms with Gasteiger partial charge in [-0.05, 0) is 112 Å². The summed E-state index contributed by atoms with van der Waals surface area (Å²) in [5.41, 5.74) is 3.33. The Morgan fingerprint density at radius 3 is 1.31 bits per heavy atom. The maximum absolute atomic E-state index is 15.1. The van der Waals surface area contributed by atoms with E-state index in [2.05, 4.69) is 53.3 Å². The summed E-state index contributed by atoms with van der Waals surface area (Å²) in [4.78, 5) is 171. The number of aliphatic hydroxyl groups excluding tert-OH is 1. The maximum atomic E-state index is 15.1. The number of likely N-dealkylation sites (tertiary alicyclic amines) is 2. The molecule has 13 N–H and O–H groups in total. The number of nitrogens with two attached hydrogens (primary N) is 1. The third-order valence-corrected chi connectivity index (χ3v) is 16.8. The first-order chi connectivity index (χ1) is 46.9. The van der Waals surface area contributed by atoms with Crippen molar-refractivity contribution in [1.29, 1.82) is 0 Å². The van der Waals surface area contributed by atoms with Gasteiger partial charge in [-0.25, -0.2) is 15.4 Å². The Balaban J connectivity index is 1.32. The van der Waals surface area contributed by atoms with Gasteiger partial charge in [-0.3, -0.25) is 53.4 Å². The summed E-state index contributed by atoms with van der Waals surface area (Å²) < 4.78 is 10.8. The van der Waals surface area contributed by atoms with E-state index >= 15 is 4.79 Å². The second-order valence-electron chi connectivity index (χ2n) is 27.8. The summed E-state index contributed by atoms with van der Waals surface area (Å²) in [6.07, 6.45) is 0.0147. The van der Waals surface area contributed by atoms with Crippen LogP contribution >= 0.6 is 0 Å². The predicted octanol–water partition coefficient (Wildman–Crippen LogP) is 2.83. The molecule has 5 rings (SSSR count). The summed E-state index contributed by atoms with van der Waals surface area (Å²) in [5, 5.41) is 35.0. The number of amides is 12. The second kappa shape index (κ2) is 39.4. The van der Waals surface area contributed by atoms with Crippen LogP contribution < -0.4 is 59.1 Å². The van der Waals surface area contributed by atoms with Crippen molar-refractivity contribution >= 4 is 71.3 Å². The Labute approximate surface area is 580 Å². The molecule has 3 aromatic carbocycles. The summed E-state index contributed by atoms with van der Waals surface area (Å²) in [5.74, 6) is -3.34. The number of rotatable bonds is 35. The van der Waals surface area contributed by atoms with Gasteiger partial charge < -0.3 is 72.2 Å². The Hall–Kier alpha value is -9.18. The first-order valence-corrected chi connectivity index (χ1v) is 34.3. The van der Waals surface area contributed by atoms with Crippen molar-refractivity contribution in [3.63, 3.8) is 0 Å². The number of carbonyl (C=O) groups excluding carboxylic acids is 12. The van der Waals surface area contributed by atoms with Crippen molar-refractivity contribution in [2.45, 2.75) is 213 Å². The largest absolute Gasteiger partial charge is 0.445 e. The molecule has 10 atom stereocenters. The van der Waals surface area contributed by atoms with E-state index in [1.807, 2.05) is 45.9 Å². The van der Waals surface area contributed by atoms with E-state index < -0.39 is 156 Å². The minimum Gasteiger partial charge on any atom is -0.445 e. The average Bonchev–Trinajstić information content (AvgIpc) is 1.87. The van der Waals surface area contributed by atoms with Gasteiger partial charge in [0.1, 0.15) is 72.6 Å². The first kappa shape index (κ1) is 80.5. The normalized spacial score (nSPS) is 16.9. The van der Waals surface area contributed by atoms with Crippen LogP contribution in [-0.4, -0.2) is 178 Å². The second-order valence-corrected chi connectivity index (χ2v) is 27.8. The Morgan fingerprint density at radius 2 is 0.889 bits per heavy atom. The highest BCUT2D eigenvalue weighted by molar-refractivity contribution is 5.99. The molecule has 2 heterocycles. The minimum absolute atomic E-state index is 0.0112. The predicted molar refractivity (Wildman–Crippen MR) is 368 cm³/mol. The fraction of sp³-hybridized carbons (Fsp3) is 0.577. The van der Waals surface area contributed by atoms with Gasteiger partial charge in [0.2, 0.25) is 53.2 Å². The summed E-state index contributed by atoms with van der Waals surface area (Å²) in [7, 11) is 0. The lowest BCUT2D eigenvalue weighted by Gasteiger charge is -2.32. The molecular formula is C71H105N13O15. The number of hydrogen-bond acceptors (Lipinski definition) is 16. The van der Waals surface area contributed by atoms with Crippen molar-refractivity contribution in [1.82, 2.24) is 63.1 Å². The average molecular weight is 1380 g/mol. The van der Waals surface area contributed by atoms with E-state index in [0.717, 1.165) is 5.56 Å². The van der Waals surface area contributed by atoms with Gasteiger partial charge in [0.25, 0.3) is 5.91 Å². The molecule has 0 saturated carbocycles. The number of alkyl carbamates (subject to hydrolysis) is 2. The number of hydrogen-bond donors (Lipinski definition) is 12. The lowest BCUT2D eigenvalue weighted by Crippen LogP contribution is -2.62. The van der Waals surface area contributed by atoms with E-state index in [0.29, 0.717) is 30.4 Å². The highest BCUT2D eigenvalue weighted by Crippen LogP contribution is 2.23. The number of aliphatic hydroxyl groups is 1. The lowest BCUT2D eigenvalue weighted by atomic mass is 9.99. The van der Waals surface area contributed by atoms with E-state index in [9.17, 15) is 57.8 Å². The fourth-order valence-corrected chi connectivity index (χ4v) is 11.7. The zero-order chi connectivity index (χ0) is 73.1. The molecule has 99 heavy (non-hydrogen) atoms. The van der Waals surface area contributed by atoms with E-state index in [1.165, 1.54) is 9.80 Å². The fourth-order valence-electron chi connectivity index (χ4n) is 11.7. The minimum atomic E-state index is -1.64. The number of ether oxygens (including phenoxy) is 2. The SMILES string of the molecule is CC(C)C[C@H](NC(=O)[C@H](CO)NC(=O)[C@@H](NC(=O)[C@@H]1CCCN1C(=O)[C@@H](Cc1ccccc1)NC(=O)[C@H](CC(C)C)NC(=O)[C@H](CCCNC(=O)OCc1ccccc1)NC(=O)[C@@H](NC(=O)OC(C)(C)C)C(C)C)C(C)C)C(=O)N[C@H](Cc1ccccc1)C(=O)N1CCC[C@H]1C(=O)NN. The highest BCUT2D eigenvalue weighted by Gasteiger charge is 2.43. The molecule has 3 aromatic rings. The topological polar surface area (TPSA) is 396 Å². The molecule has 2 aliphatic rings. The molecule has 2 saturated heterocycles. The molecule has 0 aromatic heterocycles. The van der Waals surface area contributed by atoms with Crippen LogP contribution in [0.1, 0.15) is 144 Å². The van der Waals surface area contributed by atoms with E-state index in [-0.39, 0.29) is 83.0 Å². The molecule has 2 aliphatic heterocycles. The van der Waals surface area contributed by atoms with E-state index in [1.54, 1.807) is 121 Å². The number of nitrogens with zero attached hydrogens (tertiary/aromatic N) is 2. The number of nitrogens with one attached hydrogen (secondary N) is 10. The maximum Gasteiger partial charge on any atom is 0.408 e. The molecule has 2 fully saturated rings. The standard InChI is InChI=1S/C71H105N13O15/c1-42(2)36-50(75-59(86)49(30-21-33-73-69(96)98-41-48-28-19-14-20-29-48)74-66(93)58(45(7)8)81-70(97)99-71(9,10)11)60(87)77-52(38-46-24-15-12-16-25-46)67(94)83-34-22-31-55(83)63(90)80-57(44(5)6)65(92)79-54(40-85)62(89)76-51(37-43(3)4)61(88)78-53(39-47-26-17-13-18-27-47)68(95)84-35-23-32-56(84)64(91)82-72/h12-20,24-29,42-45,49-58,85H,21-23,30-41,72H2,1-11H3,(H,73,96)(H,74,93)(H,75,86)(H,76,89)(H,77,87)(H,78,88)(H,79,92)(H,80,90)(H,81,97)(H,82,91)/t49-,50-,51-,52+,53+,54-,55-,56-,57-,58-/m0/s1. The van der Waals surface area contributed by atoms with Gasteiger partial charge in [-0.15, -0.1) is 0 Å². The molecule has 0 bridgehead atoms. The van der Waals surface area contributed by atoms with Crippen LogP contribution in [0.2, 0.25) is 0 Å².